The number of aromatic carboxylic acids is 1. The number of nitrogens with zero attached hydrogens (tertiary/aromatic N) is 4. The summed E-state index contributed by atoms with van der Waals surface area (Å²) in [4.78, 5) is 21.7. The summed E-state index contributed by atoms with van der Waals surface area (Å²) in [5.41, 5.74) is 2.15. The summed E-state index contributed by atoms with van der Waals surface area (Å²) in [5, 5.41) is 13.2. The Hall–Kier alpha value is -2.25. The van der Waals surface area contributed by atoms with E-state index < -0.39 is 5.97 Å². The van der Waals surface area contributed by atoms with Crippen molar-refractivity contribution >= 4 is 28.2 Å². The van der Waals surface area contributed by atoms with Crippen LogP contribution in [0.5, 0.6) is 0 Å². The van der Waals surface area contributed by atoms with Crippen molar-refractivity contribution < 1.29 is 9.90 Å². The zero-order valence-corrected chi connectivity index (χ0v) is 13.9. The second-order valence-corrected chi connectivity index (χ2v) is 6.41. The van der Waals surface area contributed by atoms with Gasteiger partial charge < -0.3 is 9.67 Å². The van der Waals surface area contributed by atoms with Crippen LogP contribution in [0.4, 0.5) is 0 Å². The Bertz CT molecular complexity index is 826. The lowest BCUT2D eigenvalue weighted by molar-refractivity contribution is 0.0690. The van der Waals surface area contributed by atoms with Crippen molar-refractivity contribution in [1.82, 2.24) is 19.4 Å². The van der Waals surface area contributed by atoms with Crippen LogP contribution in [0.1, 0.15) is 28.0 Å². The van der Waals surface area contributed by atoms with Crippen molar-refractivity contribution in [2.24, 2.45) is 0 Å². The molecule has 1 N–H and O–H groups in total. The summed E-state index contributed by atoms with van der Waals surface area (Å²) in [7, 11) is 2.04. The molecule has 0 aliphatic carbocycles. The van der Waals surface area contributed by atoms with Crippen molar-refractivity contribution in [1.29, 1.82) is 0 Å². The molecule has 0 atom stereocenters. The van der Waals surface area contributed by atoms with Gasteiger partial charge in [0.2, 0.25) is 0 Å². The van der Waals surface area contributed by atoms with Crippen molar-refractivity contribution in [3.05, 3.63) is 46.3 Å². The van der Waals surface area contributed by atoms with Crippen LogP contribution in [0.2, 0.25) is 0 Å². The molecule has 3 rings (SSSR count). The monoisotopic (exact) mass is 330 g/mol. The van der Waals surface area contributed by atoms with Gasteiger partial charge in [0.15, 0.2) is 0 Å². The summed E-state index contributed by atoms with van der Waals surface area (Å²) in [6.45, 7) is 4.38. The van der Waals surface area contributed by atoms with Crippen LogP contribution < -0.4 is 0 Å². The van der Waals surface area contributed by atoms with E-state index in [1.165, 1.54) is 0 Å². The fourth-order valence-electron chi connectivity index (χ4n) is 2.67. The van der Waals surface area contributed by atoms with Crippen LogP contribution in [-0.2, 0) is 19.6 Å². The molecule has 23 heavy (non-hydrogen) atoms. The third-order valence-electron chi connectivity index (χ3n) is 3.74. The lowest BCUT2D eigenvalue weighted by Crippen LogP contribution is -2.17. The van der Waals surface area contributed by atoms with E-state index in [1.54, 1.807) is 23.6 Å². The first-order chi connectivity index (χ1) is 11.1. The van der Waals surface area contributed by atoms with E-state index in [2.05, 4.69) is 32.6 Å². The molecule has 0 aliphatic heterocycles. The lowest BCUT2D eigenvalue weighted by Gasteiger charge is -2.14. The van der Waals surface area contributed by atoms with E-state index in [1.807, 2.05) is 18.6 Å². The number of carbonyl (C=O) groups is 1. The third-order valence-corrected chi connectivity index (χ3v) is 4.50. The number of carboxylic acids is 1. The van der Waals surface area contributed by atoms with Crippen molar-refractivity contribution in [2.75, 3.05) is 7.05 Å². The second-order valence-electron chi connectivity index (χ2n) is 5.43. The second kappa shape index (κ2) is 6.47. The molecule has 0 radical (unpaired) electrons. The van der Waals surface area contributed by atoms with Gasteiger partial charge in [0.25, 0.3) is 0 Å². The number of thiazole rings is 1. The molecular formula is C16H18N4O2S. The number of aromatic nitrogens is 3. The molecule has 0 saturated heterocycles. The minimum atomic E-state index is -1.00. The number of rotatable bonds is 6. The topological polar surface area (TPSA) is 71.2 Å². The van der Waals surface area contributed by atoms with Gasteiger partial charge in [-0.25, -0.2) is 14.8 Å². The van der Waals surface area contributed by atoms with Crippen LogP contribution in [0.15, 0.2) is 30.0 Å². The number of carboxylic acid groups (broad SMARTS) is 1. The van der Waals surface area contributed by atoms with E-state index in [4.69, 9.17) is 5.11 Å². The van der Waals surface area contributed by atoms with E-state index in [-0.39, 0.29) is 5.69 Å². The number of pyridine rings is 1. The highest BCUT2D eigenvalue weighted by molar-refractivity contribution is 7.09. The minimum Gasteiger partial charge on any atom is -0.477 e. The Kier molecular flexibility index (Phi) is 4.40. The molecule has 0 saturated carbocycles. The minimum absolute atomic E-state index is 0.0789. The van der Waals surface area contributed by atoms with Gasteiger partial charge in [-0.1, -0.05) is 0 Å². The molecule has 0 fully saturated rings. The van der Waals surface area contributed by atoms with Crippen molar-refractivity contribution in [2.45, 2.75) is 26.6 Å². The molecule has 0 aliphatic rings. The molecule has 120 valence electrons. The average Bonchev–Trinajstić information content (AvgIpc) is 3.14. The van der Waals surface area contributed by atoms with Crippen LogP contribution in [-0.4, -0.2) is 37.6 Å². The molecule has 0 aromatic carbocycles. The van der Waals surface area contributed by atoms with Crippen molar-refractivity contribution in [3.8, 4) is 0 Å². The third kappa shape index (κ3) is 3.25. The molecule has 6 nitrogen and oxygen atoms in total. The summed E-state index contributed by atoms with van der Waals surface area (Å²) >= 11 is 1.64. The van der Waals surface area contributed by atoms with Gasteiger partial charge in [-0.3, -0.25) is 4.90 Å². The summed E-state index contributed by atoms with van der Waals surface area (Å²) in [5.74, 6) is -1.00. The van der Waals surface area contributed by atoms with Crippen molar-refractivity contribution in [3.63, 3.8) is 0 Å². The van der Waals surface area contributed by atoms with Gasteiger partial charge in [-0.2, -0.15) is 0 Å². The molecule has 0 spiro atoms. The maximum absolute atomic E-state index is 11.2. The van der Waals surface area contributed by atoms with Gasteiger partial charge in [0, 0.05) is 36.2 Å². The first-order valence-electron chi connectivity index (χ1n) is 7.36. The Morgan fingerprint density at radius 1 is 1.39 bits per heavy atom. The van der Waals surface area contributed by atoms with Crippen LogP contribution in [0.25, 0.3) is 10.9 Å². The zero-order chi connectivity index (χ0) is 16.4. The first-order valence-corrected chi connectivity index (χ1v) is 8.24. The van der Waals surface area contributed by atoms with Gasteiger partial charge >= 0.3 is 5.97 Å². The molecule has 7 heteroatoms. The first kappa shape index (κ1) is 15.6. The molecule has 3 heterocycles. The molecule has 0 unspecified atom stereocenters. The maximum atomic E-state index is 11.2. The van der Waals surface area contributed by atoms with E-state index >= 15 is 0 Å². The number of fused-ring (bicyclic) bond motifs is 1. The van der Waals surface area contributed by atoms with E-state index in [0.717, 1.165) is 41.1 Å². The summed E-state index contributed by atoms with van der Waals surface area (Å²) in [6.07, 6.45) is 5.53. The lowest BCUT2D eigenvalue weighted by atomic mass is 10.1. The molecule has 3 aromatic rings. The van der Waals surface area contributed by atoms with E-state index in [0.29, 0.717) is 0 Å². The fraction of sp³-hybridized carbons (Fsp3) is 0.312. The Morgan fingerprint density at radius 3 is 2.87 bits per heavy atom. The zero-order valence-electron chi connectivity index (χ0n) is 13.1. The summed E-state index contributed by atoms with van der Waals surface area (Å²) < 4.78 is 2.10. The van der Waals surface area contributed by atoms with Gasteiger partial charge in [0.1, 0.15) is 10.7 Å². The fourth-order valence-corrected chi connectivity index (χ4v) is 3.37. The molecule has 3 aromatic heterocycles. The largest absolute Gasteiger partial charge is 0.477 e. The van der Waals surface area contributed by atoms with Crippen LogP contribution in [0.3, 0.4) is 0 Å². The van der Waals surface area contributed by atoms with Gasteiger partial charge in [0.05, 0.1) is 18.3 Å². The average molecular weight is 330 g/mol. The number of hydrogen-bond donors (Lipinski definition) is 1. The normalized spacial score (nSPS) is 11.4. The Morgan fingerprint density at radius 2 is 2.22 bits per heavy atom. The predicted molar refractivity (Wildman–Crippen MR) is 89.7 cm³/mol. The van der Waals surface area contributed by atoms with Crippen LogP contribution >= 0.6 is 11.3 Å². The molecule has 0 amide bonds. The SMILES string of the molecule is CCn1cc(CN(C)Cc2nccs2)c2cc(C(=O)O)ncc21. The highest BCUT2D eigenvalue weighted by Crippen LogP contribution is 2.23. The number of hydrogen-bond acceptors (Lipinski definition) is 5. The Balaban J connectivity index is 1.92. The Labute approximate surface area is 138 Å². The molecular weight excluding hydrogens is 312 g/mol. The standard InChI is InChI=1S/C16H18N4O2S/c1-3-20-9-11(8-19(2)10-15-17-4-5-23-15)12-6-13(16(21)22)18-7-14(12)20/h4-7,9H,3,8,10H2,1-2H3,(H,21,22). The van der Waals surface area contributed by atoms with Gasteiger partial charge in [-0.05, 0) is 25.6 Å². The summed E-state index contributed by atoms with van der Waals surface area (Å²) in [6, 6.07) is 1.66. The maximum Gasteiger partial charge on any atom is 0.354 e. The quantitative estimate of drug-likeness (QED) is 0.752. The number of aryl methyl sites for hydroxylation is 1. The molecule has 0 bridgehead atoms. The van der Waals surface area contributed by atoms with Crippen LogP contribution in [0, 0.1) is 0 Å². The highest BCUT2D eigenvalue weighted by Gasteiger charge is 2.14. The highest BCUT2D eigenvalue weighted by atomic mass is 32.1. The smallest absolute Gasteiger partial charge is 0.354 e. The van der Waals surface area contributed by atoms with E-state index in [9.17, 15) is 4.79 Å². The van der Waals surface area contributed by atoms with Gasteiger partial charge in [-0.15, -0.1) is 11.3 Å². The predicted octanol–water partition coefficient (Wildman–Crippen LogP) is 2.84.